The molecule has 13 heavy (non-hydrogen) atoms. The van der Waals surface area contributed by atoms with Gasteiger partial charge in [-0.1, -0.05) is 0 Å². The zero-order valence-corrected chi connectivity index (χ0v) is 7.32. The fraction of sp³-hybridized carbons (Fsp3) is 0.625. The van der Waals surface area contributed by atoms with Crippen LogP contribution < -0.4 is 0 Å². The lowest BCUT2D eigenvalue weighted by Crippen LogP contribution is -2.64. The van der Waals surface area contributed by atoms with Crippen LogP contribution in [0.25, 0.3) is 0 Å². The second-order valence-electron chi connectivity index (χ2n) is 3.22. The van der Waals surface area contributed by atoms with E-state index in [1.165, 1.54) is 4.90 Å². The van der Waals surface area contributed by atoms with Crippen molar-refractivity contribution in [3.8, 4) is 0 Å². The van der Waals surface area contributed by atoms with Crippen LogP contribution in [0.15, 0.2) is 11.8 Å². The van der Waals surface area contributed by atoms with Gasteiger partial charge in [0.2, 0.25) is 0 Å². The first-order valence-corrected chi connectivity index (χ1v) is 4.04. The van der Waals surface area contributed by atoms with Crippen molar-refractivity contribution < 1.29 is 19.4 Å². The summed E-state index contributed by atoms with van der Waals surface area (Å²) < 4.78 is 10.6. The van der Waals surface area contributed by atoms with Gasteiger partial charge in [-0.15, -0.1) is 0 Å². The molecule has 2 aliphatic rings. The average Bonchev–Trinajstić information content (AvgIpc) is 2.43. The van der Waals surface area contributed by atoms with Crippen LogP contribution in [0.1, 0.15) is 0 Å². The Labute approximate surface area is 75.5 Å². The molecule has 1 N–H and O–H groups in total. The van der Waals surface area contributed by atoms with E-state index in [0.29, 0.717) is 19.7 Å². The predicted molar refractivity (Wildman–Crippen MR) is 43.4 cm³/mol. The summed E-state index contributed by atoms with van der Waals surface area (Å²) in [5, 5.41) is 8.65. The smallest absolute Gasteiger partial charge is 0.407 e. The third kappa shape index (κ3) is 1.07. The summed E-state index contributed by atoms with van der Waals surface area (Å²) in [4.78, 5) is 11.8. The number of rotatable bonds is 1. The first-order valence-electron chi connectivity index (χ1n) is 4.04. The molecule has 1 fully saturated rings. The number of amides is 1. The Hall–Kier alpha value is -1.23. The Bertz CT molecular complexity index is 267. The summed E-state index contributed by atoms with van der Waals surface area (Å²) >= 11 is 0. The van der Waals surface area contributed by atoms with E-state index in [-0.39, 0.29) is 0 Å². The van der Waals surface area contributed by atoms with Gasteiger partial charge in [-0.05, 0) is 6.08 Å². The van der Waals surface area contributed by atoms with Crippen LogP contribution in [0.2, 0.25) is 0 Å². The second-order valence-corrected chi connectivity index (χ2v) is 3.22. The third-order valence-electron chi connectivity index (χ3n) is 2.46. The molecule has 0 aliphatic carbocycles. The van der Waals surface area contributed by atoms with Gasteiger partial charge in [0.05, 0.1) is 26.8 Å². The summed E-state index contributed by atoms with van der Waals surface area (Å²) in [5.74, 6) is 0.755. The molecule has 0 atom stereocenters. The number of ether oxygens (including phenoxy) is 2. The van der Waals surface area contributed by atoms with Crippen molar-refractivity contribution in [3.63, 3.8) is 0 Å². The standard InChI is InChI=1S/C8H11NO4/c1-12-6-2-3-13-8(6)4-9(5-8)7(10)11/h2H,3-5H2,1H3,(H,10,11). The van der Waals surface area contributed by atoms with Crippen molar-refractivity contribution >= 4 is 6.09 Å². The van der Waals surface area contributed by atoms with Crippen LogP contribution in [-0.4, -0.2) is 48.5 Å². The van der Waals surface area contributed by atoms with E-state index in [2.05, 4.69) is 0 Å². The predicted octanol–water partition coefficient (Wildman–Crippen LogP) is 0.279. The molecular formula is C8H11NO4. The minimum absolute atomic E-state index is 0.377. The topological polar surface area (TPSA) is 59.0 Å². The Morgan fingerprint density at radius 1 is 1.77 bits per heavy atom. The van der Waals surface area contributed by atoms with E-state index in [9.17, 15) is 4.79 Å². The van der Waals surface area contributed by atoms with Crippen LogP contribution in [0.4, 0.5) is 4.79 Å². The highest BCUT2D eigenvalue weighted by Gasteiger charge is 2.52. The molecule has 1 saturated heterocycles. The second kappa shape index (κ2) is 2.63. The van der Waals surface area contributed by atoms with Crippen LogP contribution >= 0.6 is 0 Å². The number of likely N-dealkylation sites (tertiary alicyclic amines) is 1. The molecular weight excluding hydrogens is 174 g/mol. The molecule has 1 spiro atoms. The highest BCUT2D eigenvalue weighted by Crippen LogP contribution is 2.36. The Kier molecular flexibility index (Phi) is 1.69. The molecule has 0 saturated carbocycles. The molecule has 2 heterocycles. The number of carboxylic acid groups (broad SMARTS) is 1. The maximum absolute atomic E-state index is 10.5. The minimum Gasteiger partial charge on any atom is -0.498 e. The molecule has 5 heteroatoms. The number of nitrogens with zero attached hydrogens (tertiary/aromatic N) is 1. The van der Waals surface area contributed by atoms with Crippen molar-refractivity contribution in [1.82, 2.24) is 4.90 Å². The third-order valence-corrected chi connectivity index (χ3v) is 2.46. The maximum atomic E-state index is 10.5. The fourth-order valence-electron chi connectivity index (χ4n) is 1.76. The van der Waals surface area contributed by atoms with Gasteiger partial charge in [0.1, 0.15) is 5.76 Å². The van der Waals surface area contributed by atoms with Crippen LogP contribution in [-0.2, 0) is 9.47 Å². The van der Waals surface area contributed by atoms with Crippen molar-refractivity contribution in [2.45, 2.75) is 5.60 Å². The SMILES string of the molecule is COC1=CCOC12CN(C(=O)O)C2. The fourth-order valence-corrected chi connectivity index (χ4v) is 1.76. The van der Waals surface area contributed by atoms with Gasteiger partial charge in [-0.2, -0.15) is 0 Å². The number of hydrogen-bond acceptors (Lipinski definition) is 3. The van der Waals surface area contributed by atoms with E-state index in [4.69, 9.17) is 14.6 Å². The molecule has 2 rings (SSSR count). The Morgan fingerprint density at radius 3 is 3.00 bits per heavy atom. The van der Waals surface area contributed by atoms with Crippen molar-refractivity contribution in [3.05, 3.63) is 11.8 Å². The molecule has 0 bridgehead atoms. The van der Waals surface area contributed by atoms with E-state index in [1.807, 2.05) is 6.08 Å². The number of carbonyl (C=O) groups is 1. The maximum Gasteiger partial charge on any atom is 0.407 e. The molecule has 0 aromatic rings. The molecule has 0 aromatic heterocycles. The zero-order chi connectivity index (χ0) is 9.47. The monoisotopic (exact) mass is 185 g/mol. The minimum atomic E-state index is -0.906. The highest BCUT2D eigenvalue weighted by molar-refractivity contribution is 5.67. The summed E-state index contributed by atoms with van der Waals surface area (Å²) in [7, 11) is 1.58. The normalized spacial score (nSPS) is 24.1. The van der Waals surface area contributed by atoms with Gasteiger partial charge >= 0.3 is 6.09 Å². The van der Waals surface area contributed by atoms with Crippen molar-refractivity contribution in [1.29, 1.82) is 0 Å². The summed E-state index contributed by atoms with van der Waals surface area (Å²) in [5.41, 5.74) is -0.479. The van der Waals surface area contributed by atoms with Crippen molar-refractivity contribution in [2.24, 2.45) is 0 Å². The average molecular weight is 185 g/mol. The van der Waals surface area contributed by atoms with Gasteiger partial charge < -0.3 is 19.5 Å². The van der Waals surface area contributed by atoms with Crippen LogP contribution in [0.3, 0.4) is 0 Å². The molecule has 1 amide bonds. The Balaban J connectivity index is 2.03. The van der Waals surface area contributed by atoms with Crippen LogP contribution in [0.5, 0.6) is 0 Å². The Morgan fingerprint density at radius 2 is 2.46 bits per heavy atom. The first-order chi connectivity index (χ1) is 6.18. The molecule has 0 aromatic carbocycles. The molecule has 72 valence electrons. The van der Waals surface area contributed by atoms with E-state index in [1.54, 1.807) is 7.11 Å². The zero-order valence-electron chi connectivity index (χ0n) is 7.32. The van der Waals surface area contributed by atoms with Gasteiger partial charge in [0.25, 0.3) is 0 Å². The van der Waals surface area contributed by atoms with Gasteiger partial charge in [-0.25, -0.2) is 4.79 Å². The largest absolute Gasteiger partial charge is 0.498 e. The molecule has 0 radical (unpaired) electrons. The molecule has 0 unspecified atom stereocenters. The summed E-state index contributed by atoms with van der Waals surface area (Å²) in [6, 6.07) is 0. The quantitative estimate of drug-likeness (QED) is 0.637. The van der Waals surface area contributed by atoms with Crippen LogP contribution in [0, 0.1) is 0 Å². The lowest BCUT2D eigenvalue weighted by atomic mass is 9.93. The lowest BCUT2D eigenvalue weighted by molar-refractivity contribution is -0.105. The van der Waals surface area contributed by atoms with E-state index >= 15 is 0 Å². The summed E-state index contributed by atoms with van der Waals surface area (Å²) in [6.07, 6.45) is 0.940. The van der Waals surface area contributed by atoms with E-state index < -0.39 is 11.7 Å². The van der Waals surface area contributed by atoms with Gasteiger partial charge in [0.15, 0.2) is 5.60 Å². The number of methoxy groups -OCH3 is 1. The lowest BCUT2D eigenvalue weighted by Gasteiger charge is -2.45. The number of hydrogen-bond donors (Lipinski definition) is 1. The molecule has 2 aliphatic heterocycles. The van der Waals surface area contributed by atoms with Gasteiger partial charge in [0, 0.05) is 0 Å². The summed E-state index contributed by atoms with van der Waals surface area (Å²) in [6.45, 7) is 1.26. The van der Waals surface area contributed by atoms with Crippen molar-refractivity contribution in [2.75, 3.05) is 26.8 Å². The van der Waals surface area contributed by atoms with Gasteiger partial charge in [-0.3, -0.25) is 0 Å². The highest BCUT2D eigenvalue weighted by atomic mass is 16.6. The van der Waals surface area contributed by atoms with E-state index in [0.717, 1.165) is 5.76 Å². The first kappa shape index (κ1) is 8.37. The molecule has 5 nitrogen and oxygen atoms in total.